The number of hydrogen-bond donors (Lipinski definition) is 1. The van der Waals surface area contributed by atoms with Gasteiger partial charge in [0, 0.05) is 17.6 Å². The predicted octanol–water partition coefficient (Wildman–Crippen LogP) is 2.98. The second-order valence-corrected chi connectivity index (χ2v) is 5.96. The van der Waals surface area contributed by atoms with Crippen molar-refractivity contribution in [3.05, 3.63) is 16.1 Å². The molecule has 0 saturated heterocycles. The molecule has 2 unspecified atom stereocenters. The number of nitrogens with zero attached hydrogens (tertiary/aromatic N) is 1. The van der Waals surface area contributed by atoms with Crippen molar-refractivity contribution in [2.24, 2.45) is 11.8 Å². The van der Waals surface area contributed by atoms with Gasteiger partial charge in [-0.15, -0.1) is 11.3 Å². The summed E-state index contributed by atoms with van der Waals surface area (Å²) in [6.07, 6.45) is 6.25. The van der Waals surface area contributed by atoms with Crippen molar-refractivity contribution in [1.82, 2.24) is 10.3 Å². The van der Waals surface area contributed by atoms with Crippen molar-refractivity contribution >= 4 is 11.3 Å². The van der Waals surface area contributed by atoms with E-state index in [0.29, 0.717) is 0 Å². The zero-order valence-electron chi connectivity index (χ0n) is 9.62. The Hall–Kier alpha value is -0.410. The molecule has 15 heavy (non-hydrogen) atoms. The van der Waals surface area contributed by atoms with Gasteiger partial charge in [-0.2, -0.15) is 0 Å². The number of thiazole rings is 1. The molecule has 2 nitrogen and oxygen atoms in total. The number of aryl methyl sites for hydroxylation is 1. The zero-order valence-corrected chi connectivity index (χ0v) is 10.4. The summed E-state index contributed by atoms with van der Waals surface area (Å²) in [7, 11) is 0. The zero-order chi connectivity index (χ0) is 10.7. The van der Waals surface area contributed by atoms with Gasteiger partial charge < -0.3 is 5.32 Å². The molecular weight excluding hydrogens is 204 g/mol. The van der Waals surface area contributed by atoms with Crippen molar-refractivity contribution in [3.63, 3.8) is 0 Å². The summed E-state index contributed by atoms with van der Waals surface area (Å²) in [5.74, 6) is 1.82. The van der Waals surface area contributed by atoms with Gasteiger partial charge in [0.2, 0.25) is 0 Å². The molecule has 0 radical (unpaired) electrons. The predicted molar refractivity (Wildman–Crippen MR) is 65.1 cm³/mol. The van der Waals surface area contributed by atoms with E-state index in [1.54, 1.807) is 11.3 Å². The Morgan fingerprint density at radius 2 is 2.40 bits per heavy atom. The van der Waals surface area contributed by atoms with Crippen LogP contribution in [-0.4, -0.2) is 11.5 Å². The maximum atomic E-state index is 4.26. The molecule has 1 fully saturated rings. The first-order valence-corrected chi connectivity index (χ1v) is 6.69. The van der Waals surface area contributed by atoms with Crippen LogP contribution in [0.4, 0.5) is 0 Å². The highest BCUT2D eigenvalue weighted by atomic mass is 32.1. The standard InChI is InChI=1S/C12H20N2S/c1-9-4-3-5-11(9)6-13-7-12-8-14-10(2)15-12/h8-9,11,13H,3-7H2,1-2H3. The highest BCUT2D eigenvalue weighted by Crippen LogP contribution is 2.30. The lowest BCUT2D eigenvalue weighted by atomic mass is 9.98. The second-order valence-electron chi connectivity index (χ2n) is 4.64. The van der Waals surface area contributed by atoms with Crippen LogP contribution >= 0.6 is 11.3 Å². The smallest absolute Gasteiger partial charge is 0.0897 e. The van der Waals surface area contributed by atoms with E-state index >= 15 is 0 Å². The van der Waals surface area contributed by atoms with Gasteiger partial charge in [0.15, 0.2) is 0 Å². The summed E-state index contributed by atoms with van der Waals surface area (Å²) in [4.78, 5) is 5.62. The lowest BCUT2D eigenvalue weighted by molar-refractivity contribution is 0.392. The molecule has 2 rings (SSSR count). The first-order valence-electron chi connectivity index (χ1n) is 5.87. The van der Waals surface area contributed by atoms with E-state index < -0.39 is 0 Å². The average Bonchev–Trinajstić information content (AvgIpc) is 2.77. The van der Waals surface area contributed by atoms with E-state index in [-0.39, 0.29) is 0 Å². The van der Waals surface area contributed by atoms with E-state index in [1.165, 1.54) is 35.7 Å². The molecule has 3 heteroatoms. The van der Waals surface area contributed by atoms with Gasteiger partial charge in [0.25, 0.3) is 0 Å². The molecule has 1 aromatic heterocycles. The highest BCUT2D eigenvalue weighted by molar-refractivity contribution is 7.11. The van der Waals surface area contributed by atoms with Gasteiger partial charge in [-0.25, -0.2) is 4.98 Å². The Bertz CT molecular complexity index is 308. The molecule has 1 saturated carbocycles. The number of nitrogens with one attached hydrogen (secondary N) is 1. The van der Waals surface area contributed by atoms with Crippen LogP contribution < -0.4 is 5.32 Å². The third-order valence-corrected chi connectivity index (χ3v) is 4.33. The minimum Gasteiger partial charge on any atom is -0.312 e. The number of aromatic nitrogens is 1. The first-order chi connectivity index (χ1) is 7.25. The van der Waals surface area contributed by atoms with Gasteiger partial charge in [0.1, 0.15) is 0 Å². The molecule has 1 aromatic rings. The topological polar surface area (TPSA) is 24.9 Å². The van der Waals surface area contributed by atoms with E-state index in [0.717, 1.165) is 18.4 Å². The summed E-state index contributed by atoms with van der Waals surface area (Å²) in [6.45, 7) is 6.62. The van der Waals surface area contributed by atoms with Crippen LogP contribution in [0.25, 0.3) is 0 Å². The molecule has 0 aromatic carbocycles. The Balaban J connectivity index is 1.70. The van der Waals surface area contributed by atoms with Crippen LogP contribution in [0.5, 0.6) is 0 Å². The quantitative estimate of drug-likeness (QED) is 0.850. The van der Waals surface area contributed by atoms with Crippen molar-refractivity contribution < 1.29 is 0 Å². The summed E-state index contributed by atoms with van der Waals surface area (Å²) in [5.41, 5.74) is 0. The molecule has 0 bridgehead atoms. The molecule has 0 amide bonds. The molecule has 84 valence electrons. The van der Waals surface area contributed by atoms with Crippen LogP contribution in [0, 0.1) is 18.8 Å². The van der Waals surface area contributed by atoms with Crippen LogP contribution in [0.3, 0.4) is 0 Å². The molecule has 1 aliphatic carbocycles. The van der Waals surface area contributed by atoms with Crippen molar-refractivity contribution in [1.29, 1.82) is 0 Å². The normalized spacial score (nSPS) is 26.0. The molecule has 1 N–H and O–H groups in total. The maximum absolute atomic E-state index is 4.26. The Morgan fingerprint density at radius 1 is 1.53 bits per heavy atom. The third kappa shape index (κ3) is 3.02. The molecule has 1 aliphatic rings. The fourth-order valence-electron chi connectivity index (χ4n) is 2.39. The van der Waals surface area contributed by atoms with Gasteiger partial charge >= 0.3 is 0 Å². The maximum Gasteiger partial charge on any atom is 0.0897 e. The monoisotopic (exact) mass is 224 g/mol. The average molecular weight is 224 g/mol. The van der Waals surface area contributed by atoms with Crippen LogP contribution in [-0.2, 0) is 6.54 Å². The van der Waals surface area contributed by atoms with E-state index in [9.17, 15) is 0 Å². The molecular formula is C12H20N2S. The number of hydrogen-bond acceptors (Lipinski definition) is 3. The summed E-state index contributed by atoms with van der Waals surface area (Å²) >= 11 is 1.80. The number of rotatable bonds is 4. The van der Waals surface area contributed by atoms with Crippen LogP contribution in [0.2, 0.25) is 0 Å². The van der Waals surface area contributed by atoms with E-state index in [2.05, 4.69) is 24.1 Å². The Morgan fingerprint density at radius 3 is 3.00 bits per heavy atom. The summed E-state index contributed by atoms with van der Waals surface area (Å²) in [6, 6.07) is 0. The minimum atomic E-state index is 0.902. The fraction of sp³-hybridized carbons (Fsp3) is 0.750. The summed E-state index contributed by atoms with van der Waals surface area (Å²) < 4.78 is 0. The second kappa shape index (κ2) is 5.08. The Labute approximate surface area is 96.1 Å². The Kier molecular flexibility index (Phi) is 3.76. The first kappa shape index (κ1) is 11.1. The molecule has 2 atom stereocenters. The van der Waals surface area contributed by atoms with Crippen molar-refractivity contribution in [2.75, 3.05) is 6.54 Å². The molecule has 0 spiro atoms. The van der Waals surface area contributed by atoms with Gasteiger partial charge in [0.05, 0.1) is 5.01 Å². The highest BCUT2D eigenvalue weighted by Gasteiger charge is 2.22. The van der Waals surface area contributed by atoms with E-state index in [4.69, 9.17) is 0 Å². The van der Waals surface area contributed by atoms with Crippen molar-refractivity contribution in [3.8, 4) is 0 Å². The largest absolute Gasteiger partial charge is 0.312 e. The van der Waals surface area contributed by atoms with Gasteiger partial charge in [-0.3, -0.25) is 0 Å². The molecule has 1 heterocycles. The van der Waals surface area contributed by atoms with Crippen LogP contribution in [0.1, 0.15) is 36.1 Å². The van der Waals surface area contributed by atoms with Gasteiger partial charge in [-0.1, -0.05) is 19.8 Å². The molecule has 0 aliphatic heterocycles. The lowest BCUT2D eigenvalue weighted by Gasteiger charge is -2.15. The van der Waals surface area contributed by atoms with E-state index in [1.807, 2.05) is 6.20 Å². The van der Waals surface area contributed by atoms with Gasteiger partial charge in [-0.05, 0) is 31.7 Å². The minimum absolute atomic E-state index is 0.902. The summed E-state index contributed by atoms with van der Waals surface area (Å²) in [5, 5.41) is 4.73. The van der Waals surface area contributed by atoms with Crippen molar-refractivity contribution in [2.45, 2.75) is 39.7 Å². The lowest BCUT2D eigenvalue weighted by Crippen LogP contribution is -2.23. The SMILES string of the molecule is Cc1ncc(CNCC2CCCC2C)s1. The fourth-order valence-corrected chi connectivity index (χ4v) is 3.16. The van der Waals surface area contributed by atoms with Crippen LogP contribution in [0.15, 0.2) is 6.20 Å². The third-order valence-electron chi connectivity index (χ3n) is 3.41.